The van der Waals surface area contributed by atoms with E-state index in [4.69, 9.17) is 9.84 Å². The number of aliphatic hydroxyl groups excluding tert-OH is 1. The van der Waals surface area contributed by atoms with Crippen LogP contribution in [0.15, 0.2) is 30.3 Å². The molecule has 0 amide bonds. The first-order valence-corrected chi connectivity index (χ1v) is 6.89. The molecule has 19 heavy (non-hydrogen) atoms. The maximum absolute atomic E-state index is 8.65. The topological polar surface area (TPSA) is 29.5 Å². The third-order valence-electron chi connectivity index (χ3n) is 2.65. The molecule has 3 heteroatoms. The number of ether oxygens (including phenoxy) is 1. The lowest BCUT2D eigenvalue weighted by Gasteiger charge is -2.08. The van der Waals surface area contributed by atoms with Crippen LogP contribution in [0.4, 0.5) is 0 Å². The zero-order valence-electron chi connectivity index (χ0n) is 11.1. The molecule has 0 fully saturated rings. The standard InChI is InChI=1S/C16H16O2S/c1-12-5-8-16(13(2)10-12)18-11-15-7-6-14(19-15)4-3-9-17/h5-8,10,17H,9,11H2,1-2H3. The molecule has 0 spiro atoms. The van der Waals surface area contributed by atoms with E-state index in [-0.39, 0.29) is 6.61 Å². The van der Waals surface area contributed by atoms with Crippen LogP contribution in [-0.4, -0.2) is 11.7 Å². The second-order valence-electron chi connectivity index (χ2n) is 4.28. The third kappa shape index (κ3) is 3.85. The van der Waals surface area contributed by atoms with Crippen LogP contribution in [0.1, 0.15) is 20.9 Å². The Kier molecular flexibility index (Phi) is 4.62. The number of hydrogen-bond acceptors (Lipinski definition) is 3. The molecule has 0 atom stereocenters. The summed E-state index contributed by atoms with van der Waals surface area (Å²) in [5.74, 6) is 6.46. The van der Waals surface area contributed by atoms with Crippen LogP contribution in [0.5, 0.6) is 5.75 Å². The van der Waals surface area contributed by atoms with E-state index in [2.05, 4.69) is 37.8 Å². The van der Waals surface area contributed by atoms with Crippen LogP contribution < -0.4 is 4.74 Å². The SMILES string of the molecule is Cc1ccc(OCc2ccc(C#CCO)s2)c(C)c1. The molecule has 1 aromatic heterocycles. The van der Waals surface area contributed by atoms with Gasteiger partial charge in [-0.25, -0.2) is 0 Å². The fourth-order valence-electron chi connectivity index (χ4n) is 1.76. The molecule has 0 aliphatic heterocycles. The number of aliphatic hydroxyl groups is 1. The molecule has 0 unspecified atom stereocenters. The van der Waals surface area contributed by atoms with Gasteiger partial charge in [0, 0.05) is 4.88 Å². The average molecular weight is 272 g/mol. The van der Waals surface area contributed by atoms with Crippen LogP contribution in [0.3, 0.4) is 0 Å². The molecule has 1 aromatic carbocycles. The smallest absolute Gasteiger partial charge is 0.122 e. The van der Waals surface area contributed by atoms with Gasteiger partial charge in [-0.1, -0.05) is 29.5 Å². The van der Waals surface area contributed by atoms with Crippen LogP contribution in [0.25, 0.3) is 0 Å². The highest BCUT2D eigenvalue weighted by Gasteiger charge is 2.02. The molecule has 0 aliphatic carbocycles. The predicted molar refractivity (Wildman–Crippen MR) is 78.5 cm³/mol. The van der Waals surface area contributed by atoms with Gasteiger partial charge in [0.25, 0.3) is 0 Å². The summed E-state index contributed by atoms with van der Waals surface area (Å²) in [6.45, 7) is 4.57. The molecule has 0 radical (unpaired) electrons. The number of thiophene rings is 1. The number of rotatable bonds is 3. The van der Waals surface area contributed by atoms with Gasteiger partial charge >= 0.3 is 0 Å². The second kappa shape index (κ2) is 6.42. The summed E-state index contributed by atoms with van der Waals surface area (Å²) in [4.78, 5) is 2.08. The van der Waals surface area contributed by atoms with Crippen molar-refractivity contribution < 1.29 is 9.84 Å². The maximum Gasteiger partial charge on any atom is 0.122 e. The van der Waals surface area contributed by atoms with Gasteiger partial charge in [0.15, 0.2) is 0 Å². The molecule has 2 aromatic rings. The minimum absolute atomic E-state index is 0.105. The van der Waals surface area contributed by atoms with Crippen molar-refractivity contribution in [2.75, 3.05) is 6.61 Å². The summed E-state index contributed by atoms with van der Waals surface area (Å²) in [6, 6.07) is 10.1. The van der Waals surface area contributed by atoms with Crippen molar-refractivity contribution in [2.45, 2.75) is 20.5 Å². The Morgan fingerprint density at radius 2 is 2.05 bits per heavy atom. The fraction of sp³-hybridized carbons (Fsp3) is 0.250. The lowest BCUT2D eigenvalue weighted by molar-refractivity contribution is 0.307. The van der Waals surface area contributed by atoms with Crippen LogP contribution in [0.2, 0.25) is 0 Å². The first kappa shape index (κ1) is 13.7. The zero-order chi connectivity index (χ0) is 13.7. The van der Waals surface area contributed by atoms with Crippen LogP contribution in [0, 0.1) is 25.7 Å². The van der Waals surface area contributed by atoms with Gasteiger partial charge in [0.05, 0.1) is 4.88 Å². The number of aryl methyl sites for hydroxylation is 2. The van der Waals surface area contributed by atoms with Gasteiger partial charge in [-0.05, 0) is 37.6 Å². The summed E-state index contributed by atoms with van der Waals surface area (Å²) in [5.41, 5.74) is 2.39. The highest BCUT2D eigenvalue weighted by molar-refractivity contribution is 7.12. The molecule has 0 bridgehead atoms. The summed E-state index contributed by atoms with van der Waals surface area (Å²) < 4.78 is 5.81. The minimum Gasteiger partial charge on any atom is -0.488 e. The molecule has 1 N–H and O–H groups in total. The molecular weight excluding hydrogens is 256 g/mol. The Balaban J connectivity index is 2.00. The van der Waals surface area contributed by atoms with E-state index in [0.717, 1.165) is 21.1 Å². The minimum atomic E-state index is -0.105. The van der Waals surface area contributed by atoms with Crippen molar-refractivity contribution in [1.82, 2.24) is 0 Å². The molecule has 0 saturated carbocycles. The average Bonchev–Trinajstić information content (AvgIpc) is 2.83. The maximum atomic E-state index is 8.65. The Morgan fingerprint density at radius 3 is 2.79 bits per heavy atom. The summed E-state index contributed by atoms with van der Waals surface area (Å²) in [7, 11) is 0. The molecule has 1 heterocycles. The van der Waals surface area contributed by atoms with Crippen molar-refractivity contribution >= 4 is 11.3 Å². The number of hydrogen-bond donors (Lipinski definition) is 1. The quantitative estimate of drug-likeness (QED) is 0.869. The fourth-order valence-corrected chi connectivity index (χ4v) is 2.56. The van der Waals surface area contributed by atoms with Gasteiger partial charge in [-0.2, -0.15) is 0 Å². The Hall–Kier alpha value is -1.76. The van der Waals surface area contributed by atoms with E-state index in [1.807, 2.05) is 18.2 Å². The largest absolute Gasteiger partial charge is 0.488 e. The lowest BCUT2D eigenvalue weighted by Crippen LogP contribution is -1.95. The highest BCUT2D eigenvalue weighted by atomic mass is 32.1. The molecule has 2 nitrogen and oxygen atoms in total. The Morgan fingerprint density at radius 1 is 1.21 bits per heavy atom. The van der Waals surface area contributed by atoms with Gasteiger partial charge in [-0.3, -0.25) is 0 Å². The highest BCUT2D eigenvalue weighted by Crippen LogP contribution is 2.22. The van der Waals surface area contributed by atoms with E-state index < -0.39 is 0 Å². The van der Waals surface area contributed by atoms with E-state index in [9.17, 15) is 0 Å². The third-order valence-corrected chi connectivity index (χ3v) is 3.63. The van der Waals surface area contributed by atoms with E-state index in [1.54, 1.807) is 11.3 Å². The van der Waals surface area contributed by atoms with Crippen LogP contribution in [-0.2, 0) is 6.61 Å². The first-order chi connectivity index (χ1) is 9.19. The van der Waals surface area contributed by atoms with Crippen molar-refractivity contribution in [3.63, 3.8) is 0 Å². The van der Waals surface area contributed by atoms with E-state index in [0.29, 0.717) is 6.61 Å². The molecule has 2 rings (SSSR count). The molecule has 0 saturated heterocycles. The van der Waals surface area contributed by atoms with E-state index >= 15 is 0 Å². The number of benzene rings is 1. The van der Waals surface area contributed by atoms with Crippen LogP contribution >= 0.6 is 11.3 Å². The van der Waals surface area contributed by atoms with Gasteiger partial charge < -0.3 is 9.84 Å². The summed E-state index contributed by atoms with van der Waals surface area (Å²) >= 11 is 1.59. The van der Waals surface area contributed by atoms with Crippen molar-refractivity contribution in [2.24, 2.45) is 0 Å². The van der Waals surface area contributed by atoms with Gasteiger partial charge in [-0.15, -0.1) is 11.3 Å². The Bertz CT molecular complexity index is 617. The van der Waals surface area contributed by atoms with E-state index in [1.165, 1.54) is 5.56 Å². The van der Waals surface area contributed by atoms with Crippen molar-refractivity contribution in [1.29, 1.82) is 0 Å². The summed E-state index contributed by atoms with van der Waals surface area (Å²) in [5, 5.41) is 8.65. The zero-order valence-corrected chi connectivity index (χ0v) is 11.9. The molecule has 98 valence electrons. The monoisotopic (exact) mass is 272 g/mol. The normalized spacial score (nSPS) is 9.84. The Labute approximate surface area is 117 Å². The lowest BCUT2D eigenvalue weighted by atomic mass is 10.1. The summed E-state index contributed by atoms with van der Waals surface area (Å²) in [6.07, 6.45) is 0. The van der Waals surface area contributed by atoms with Gasteiger partial charge in [0.2, 0.25) is 0 Å². The molecule has 0 aliphatic rings. The predicted octanol–water partition coefficient (Wildman–Crippen LogP) is 3.29. The second-order valence-corrected chi connectivity index (χ2v) is 5.45. The first-order valence-electron chi connectivity index (χ1n) is 6.07. The van der Waals surface area contributed by atoms with Gasteiger partial charge in [0.1, 0.15) is 19.0 Å². The van der Waals surface area contributed by atoms with Crippen molar-refractivity contribution in [3.05, 3.63) is 51.2 Å². The van der Waals surface area contributed by atoms with Crippen molar-refractivity contribution in [3.8, 4) is 17.6 Å². The molecular formula is C16H16O2S.